The third-order valence-corrected chi connectivity index (χ3v) is 26.2. The van der Waals surface area contributed by atoms with E-state index in [1.54, 1.807) is 0 Å². The summed E-state index contributed by atoms with van der Waals surface area (Å²) >= 11 is 14.7. The first-order valence-corrected chi connectivity index (χ1v) is 47.3. The summed E-state index contributed by atoms with van der Waals surface area (Å²) in [5.41, 5.74) is 8.64. The van der Waals surface area contributed by atoms with Gasteiger partial charge in [0, 0.05) is 54.3 Å². The fourth-order valence-electron chi connectivity index (χ4n) is 17.2. The number of aliphatic carboxylic acids is 1. The van der Waals surface area contributed by atoms with Crippen LogP contribution in [0, 0.1) is 0 Å². The number of primary sulfonamides is 1. The minimum atomic E-state index is -3.58. The highest BCUT2D eigenvalue weighted by molar-refractivity contribution is 7.89. The van der Waals surface area contributed by atoms with Crippen molar-refractivity contribution in [3.63, 3.8) is 0 Å². The van der Waals surface area contributed by atoms with Crippen molar-refractivity contribution in [1.82, 2.24) is 42.5 Å². The van der Waals surface area contributed by atoms with Crippen LogP contribution < -0.4 is 82.8 Å². The van der Waals surface area contributed by atoms with Crippen molar-refractivity contribution in [3.8, 4) is 80.1 Å². The largest absolute Gasteiger partial charge is 0.508 e. The molecule has 8 amide bonds. The number of carboxylic acid groups (broad SMARTS) is 1. The number of halogens is 2. The van der Waals surface area contributed by atoms with Crippen LogP contribution in [0.1, 0.15) is 140 Å². The van der Waals surface area contributed by atoms with E-state index in [9.17, 15) is 104 Å². The van der Waals surface area contributed by atoms with Crippen molar-refractivity contribution in [2.24, 2.45) is 10.9 Å². The number of nitrogen functional groups attached to an aromatic ring is 1. The Morgan fingerprint density at radius 2 is 1.03 bits per heavy atom. The smallest absolute Gasteiger partial charge is 0.330 e. The van der Waals surface area contributed by atoms with Crippen molar-refractivity contribution in [2.75, 3.05) is 25.6 Å². The molecule has 17 bridgehead atoms. The van der Waals surface area contributed by atoms with Gasteiger partial charge in [-0.1, -0.05) is 92.9 Å². The Balaban J connectivity index is 0.00000138. The molecule has 17 rings (SSSR count). The number of sulfonamides is 1. The van der Waals surface area contributed by atoms with Crippen molar-refractivity contribution in [3.05, 3.63) is 189 Å². The van der Waals surface area contributed by atoms with Gasteiger partial charge in [0.1, 0.15) is 156 Å². The van der Waals surface area contributed by atoms with E-state index in [0.717, 1.165) is 124 Å². The van der Waals surface area contributed by atoms with E-state index < -0.39 is 326 Å². The number of amides is 8. The Kier molecular flexibility index (Phi) is 33.4. The van der Waals surface area contributed by atoms with Crippen molar-refractivity contribution < 1.29 is 171 Å². The lowest BCUT2D eigenvalue weighted by molar-refractivity contribution is -0.284. The fourth-order valence-corrected chi connectivity index (χ4v) is 18.2. The predicted molar refractivity (Wildman–Crippen MR) is 495 cm³/mol. The Bertz CT molecular complexity index is 6240. The van der Waals surface area contributed by atoms with Crippen LogP contribution in [0.4, 0.5) is 5.69 Å². The van der Waals surface area contributed by atoms with Gasteiger partial charge in [-0.2, -0.15) is 0 Å². The van der Waals surface area contributed by atoms with Crippen LogP contribution >= 0.6 is 23.2 Å². The first-order chi connectivity index (χ1) is 68.0. The molecule has 29 N–H and O–H groups in total. The molecule has 9 heterocycles. The highest BCUT2D eigenvalue weighted by Gasteiger charge is 2.53. The zero-order valence-electron chi connectivity index (χ0n) is 75.8. The molecule has 46 nitrogen and oxygen atoms in total. The zero-order chi connectivity index (χ0) is 103. The van der Waals surface area contributed by atoms with Gasteiger partial charge in [0.15, 0.2) is 35.3 Å². The van der Waals surface area contributed by atoms with Gasteiger partial charge in [-0.3, -0.25) is 38.4 Å². The Labute approximate surface area is 823 Å². The summed E-state index contributed by atoms with van der Waals surface area (Å²) in [4.78, 5) is 138. The summed E-state index contributed by atoms with van der Waals surface area (Å²) in [5.74, 6) is -19.5. The van der Waals surface area contributed by atoms with Gasteiger partial charge in [0.2, 0.25) is 75.6 Å². The molecule has 23 unspecified atom stereocenters. The minimum Gasteiger partial charge on any atom is -0.508 e. The van der Waals surface area contributed by atoms with E-state index in [2.05, 4.69) is 49.5 Å². The molecule has 3 saturated heterocycles. The number of hydrogen-bond acceptors (Lipinski definition) is 36. The highest BCUT2D eigenvalue weighted by atomic mass is 35.5. The average molecular weight is 2050 g/mol. The number of anilines is 1. The molecule has 8 aromatic carbocycles. The highest BCUT2D eigenvalue weighted by Crippen LogP contribution is 2.51. The lowest BCUT2D eigenvalue weighted by atomic mass is 9.89. The average Bonchev–Trinajstić information content (AvgIpc) is 0.756. The number of rotatable bonds is 21. The number of nitrogens with one attached hydrogen (secondary N) is 8. The van der Waals surface area contributed by atoms with Crippen LogP contribution in [-0.2, 0) is 78.5 Å². The Morgan fingerprint density at radius 3 is 1.64 bits per heavy atom. The molecule has 3 fully saturated rings. The number of benzene rings is 8. The maximum absolute atomic E-state index is 17.0. The van der Waals surface area contributed by atoms with Crippen LogP contribution in [0.3, 0.4) is 0 Å². The number of carboxylic acids is 1. The van der Waals surface area contributed by atoms with Gasteiger partial charge < -0.3 is 173 Å². The monoisotopic (exact) mass is 2050 g/mol. The van der Waals surface area contributed by atoms with Crippen molar-refractivity contribution in [1.29, 1.82) is 0 Å². The number of nitrogens with two attached hydrogens (primary N) is 3. The van der Waals surface area contributed by atoms with Crippen LogP contribution in [0.5, 0.6) is 69.0 Å². The summed E-state index contributed by atoms with van der Waals surface area (Å²) in [6, 6.07) is 6.38. The van der Waals surface area contributed by atoms with Gasteiger partial charge in [-0.05, 0) is 143 Å². The lowest BCUT2D eigenvalue weighted by Gasteiger charge is -2.44. The molecular weight excluding hydrogens is 1950 g/mol. The second-order valence-corrected chi connectivity index (χ2v) is 37.2. The number of aromatic hydroxyl groups is 4. The molecule has 23 atom stereocenters. The maximum Gasteiger partial charge on any atom is 0.330 e. The van der Waals surface area contributed by atoms with Crippen molar-refractivity contribution in [2.45, 2.75) is 217 Å². The van der Waals surface area contributed by atoms with Gasteiger partial charge in [-0.15, -0.1) is 0 Å². The Morgan fingerprint density at radius 1 is 0.497 bits per heavy atom. The van der Waals surface area contributed by atoms with E-state index in [-0.39, 0.29) is 44.7 Å². The van der Waals surface area contributed by atoms with Gasteiger partial charge >= 0.3 is 5.97 Å². The number of fused-ring (bicyclic) bond motifs is 14. The minimum absolute atomic E-state index is 0.0272. The number of hydrogen-bond donors (Lipinski definition) is 26. The number of carbonyl (C=O) groups excluding carboxylic acids is 8. The van der Waals surface area contributed by atoms with E-state index in [4.69, 9.17) is 82.4 Å². The topological polar surface area (TPSA) is 749 Å². The standard InChI is InChI=1S/C88H97Cl2N9O33.C6H8N2O2S/c1-3-4-5-6-7-8-9-10-60(108)94-68-74(113)71(110)58(32-101)129-87(68)132-78-55-26-40-27-56(78)126-52-18-14-38(24-47(52)90)77(131-86-67(92-34(2)103)73(112)70(109)57(31-100)128-86)69-84(121)98-66(85(122)123)45-29-42(105)30-54(127-88-76(115)75(114)72(111)59(33-102)130-88)61(45)44-23-37(13-15-49(44)106)63(81(118)99-69)96-83(120)65(40)97-82(119)64-39-21-41(104)28-43(22-39)124-53-25-36(12-16-50(53)107)62(91)80(117)93-48(79(116)95-64)20-35-11-17-51(125-55)46(89)19-35;7-5-1-3-6(4-2-5)11(8,9)10/h11-19,21-30,48,57-59,62-77,86-88,100-102,104-107,109-115H,3-10,20,31-33,91H2,1-2H3,(H,92,103)(H,93,117)(H,94,108)(H,95,116)(H,96,120)(H,97,119)(H,98,121)(H,99,118)(H,122,123);1-4H,7H2,(H2,8,9,10). The lowest BCUT2D eigenvalue weighted by Crippen LogP contribution is -2.65. The third-order valence-electron chi connectivity index (χ3n) is 24.7. The molecule has 766 valence electrons. The third kappa shape index (κ3) is 24.0. The quantitative estimate of drug-likeness (QED) is 0.0353. The van der Waals surface area contributed by atoms with E-state index in [0.29, 0.717) is 18.5 Å². The summed E-state index contributed by atoms with van der Waals surface area (Å²) in [6.45, 7) is -0.110. The fraction of sp³-hybridized carbons (Fsp3) is 0.394. The number of unbranched alkanes of at least 4 members (excludes halogenated alkanes) is 6. The number of aliphatic hydroxyl groups excluding tert-OH is 10. The number of phenols is 4. The molecule has 0 spiro atoms. The molecule has 49 heteroatoms. The summed E-state index contributed by atoms with van der Waals surface area (Å²) in [5, 5.41) is 195. The second-order valence-electron chi connectivity index (χ2n) is 34.8. The van der Waals surface area contributed by atoms with Gasteiger partial charge in [0.25, 0.3) is 0 Å². The first-order valence-electron chi connectivity index (χ1n) is 45.0. The number of carbonyl (C=O) groups is 9. The van der Waals surface area contributed by atoms with Gasteiger partial charge in [0.05, 0.1) is 34.8 Å². The molecule has 143 heavy (non-hydrogen) atoms. The predicted octanol–water partition coefficient (Wildman–Crippen LogP) is 1.08. The molecule has 0 saturated carbocycles. The summed E-state index contributed by atoms with van der Waals surface area (Å²) < 4.78 is 78.8. The number of ether oxygens (including phenoxy) is 9. The van der Waals surface area contributed by atoms with Crippen LogP contribution in [0.25, 0.3) is 11.1 Å². The van der Waals surface area contributed by atoms with Crippen LogP contribution in [-0.4, -0.2) is 262 Å². The molecule has 9 aliphatic heterocycles. The van der Waals surface area contributed by atoms with Crippen LogP contribution in [0.15, 0.2) is 144 Å². The van der Waals surface area contributed by atoms with E-state index in [1.165, 1.54) is 54.6 Å². The molecule has 0 aliphatic carbocycles. The molecule has 0 aromatic heterocycles. The van der Waals surface area contributed by atoms with Crippen molar-refractivity contribution >= 4 is 92.1 Å². The van der Waals surface area contributed by atoms with E-state index >= 15 is 24.0 Å². The normalized spacial score (nSPS) is 27.5. The molecule has 9 aliphatic rings. The maximum atomic E-state index is 17.0. The number of phenolic OH excluding ortho intramolecular Hbond substituents is 4. The molecule has 0 radical (unpaired) electrons. The summed E-state index contributed by atoms with van der Waals surface area (Å²) in [6.07, 6.45) is -23.8. The second kappa shape index (κ2) is 45.2. The molecular formula is C94H105Cl2N11O35S. The van der Waals surface area contributed by atoms with E-state index in [1.807, 2.05) is 0 Å². The number of aliphatic hydroxyl groups is 10. The molecule has 8 aromatic rings. The zero-order valence-corrected chi connectivity index (χ0v) is 78.1. The first kappa shape index (κ1) is 106. The Hall–Kier alpha value is -13.1. The van der Waals surface area contributed by atoms with Gasteiger partial charge in [-0.25, -0.2) is 18.4 Å². The SMILES string of the molecule is CCCCCCCCCC(=O)NC1C(Oc2c3cc4cc2Oc2ccc(cc2Cl)C(OC2OC(CO)C(O)C(O)C2NC(C)=O)C2NC(=O)C(NC(=O)C4NC(=O)C4NC(=O)C(Cc5ccc(c(Cl)c5)O3)NC(=O)C(N)c3ccc(O)c(c3)Oc3cc(O)cc4c3)c3ccc(O)c(c3)-c3c(OC4OC(CO)C(O)C(O)C4O)cc(O)cc3C(C(=O)O)NC2=O)OC(CO)C(O)C1O.Nc1ccc(S(N)(=O)=O)cc1. The van der Waals surface area contributed by atoms with Crippen LogP contribution in [0.2, 0.25) is 10.0 Å². The summed E-state index contributed by atoms with van der Waals surface area (Å²) in [7, 11) is -3.58.